The van der Waals surface area contributed by atoms with Crippen molar-refractivity contribution >= 4 is 0 Å². The summed E-state index contributed by atoms with van der Waals surface area (Å²) in [6.07, 6.45) is 4.84. The number of hydrazine groups is 1. The third kappa shape index (κ3) is 2.68. The first-order valence-electron chi connectivity index (χ1n) is 7.51. The number of nitrogens with zero attached hydrogens (tertiary/aromatic N) is 1. The highest BCUT2D eigenvalue weighted by Crippen LogP contribution is 2.45. The predicted molar refractivity (Wildman–Crippen MR) is 82.6 cm³/mol. The molecule has 20 heavy (non-hydrogen) atoms. The SMILES string of the molecule is CCOc1ccccc1C(NN)C1(N(C)C)CCCC1. The van der Waals surface area contributed by atoms with Gasteiger partial charge < -0.3 is 9.64 Å². The maximum Gasteiger partial charge on any atom is 0.124 e. The van der Waals surface area contributed by atoms with Gasteiger partial charge in [0.2, 0.25) is 0 Å². The minimum Gasteiger partial charge on any atom is -0.494 e. The fourth-order valence-electron chi connectivity index (χ4n) is 3.52. The highest BCUT2D eigenvalue weighted by Gasteiger charge is 2.44. The summed E-state index contributed by atoms with van der Waals surface area (Å²) in [5.41, 5.74) is 4.29. The third-order valence-corrected chi connectivity index (χ3v) is 4.59. The Labute approximate surface area is 122 Å². The third-order valence-electron chi connectivity index (χ3n) is 4.59. The Balaban J connectivity index is 2.41. The van der Waals surface area contributed by atoms with Gasteiger partial charge in [-0.25, -0.2) is 0 Å². The molecule has 1 unspecified atom stereocenters. The van der Waals surface area contributed by atoms with Crippen molar-refractivity contribution in [1.29, 1.82) is 0 Å². The number of rotatable bonds is 6. The van der Waals surface area contributed by atoms with Crippen LogP contribution in [0.5, 0.6) is 5.75 Å². The average Bonchev–Trinajstić information content (AvgIpc) is 2.92. The van der Waals surface area contributed by atoms with Crippen LogP contribution in [0, 0.1) is 0 Å². The molecular weight excluding hydrogens is 250 g/mol. The normalized spacial score (nSPS) is 19.2. The predicted octanol–water partition coefficient (Wildman–Crippen LogP) is 2.46. The van der Waals surface area contributed by atoms with E-state index in [-0.39, 0.29) is 11.6 Å². The highest BCUT2D eigenvalue weighted by molar-refractivity contribution is 5.38. The number of para-hydroxylation sites is 1. The van der Waals surface area contributed by atoms with E-state index < -0.39 is 0 Å². The van der Waals surface area contributed by atoms with Crippen molar-refractivity contribution in [2.45, 2.75) is 44.2 Å². The fraction of sp³-hybridized carbons (Fsp3) is 0.625. The van der Waals surface area contributed by atoms with Crippen LogP contribution in [-0.4, -0.2) is 31.1 Å². The lowest BCUT2D eigenvalue weighted by atomic mass is 9.82. The molecule has 1 aromatic carbocycles. The quantitative estimate of drug-likeness (QED) is 0.619. The number of hydrogen-bond acceptors (Lipinski definition) is 4. The van der Waals surface area contributed by atoms with Crippen LogP contribution in [0.25, 0.3) is 0 Å². The Bertz CT molecular complexity index is 427. The van der Waals surface area contributed by atoms with Gasteiger partial charge in [-0.05, 0) is 39.9 Å². The molecule has 0 amide bonds. The maximum absolute atomic E-state index is 5.94. The first kappa shape index (κ1) is 15.3. The smallest absolute Gasteiger partial charge is 0.124 e. The molecule has 3 N–H and O–H groups in total. The molecule has 1 atom stereocenters. The van der Waals surface area contributed by atoms with Gasteiger partial charge in [0, 0.05) is 11.1 Å². The number of nitrogens with two attached hydrogens (primary N) is 1. The van der Waals surface area contributed by atoms with Gasteiger partial charge in [-0.2, -0.15) is 0 Å². The summed E-state index contributed by atoms with van der Waals surface area (Å²) >= 11 is 0. The van der Waals surface area contributed by atoms with Crippen LogP contribution < -0.4 is 16.0 Å². The molecule has 112 valence electrons. The van der Waals surface area contributed by atoms with E-state index in [4.69, 9.17) is 10.6 Å². The second-order valence-electron chi connectivity index (χ2n) is 5.78. The molecule has 0 aliphatic heterocycles. The fourth-order valence-corrected chi connectivity index (χ4v) is 3.52. The molecule has 1 saturated carbocycles. The first-order chi connectivity index (χ1) is 9.65. The van der Waals surface area contributed by atoms with E-state index in [9.17, 15) is 0 Å². The molecule has 0 radical (unpaired) electrons. The summed E-state index contributed by atoms with van der Waals surface area (Å²) in [7, 11) is 4.30. The van der Waals surface area contributed by atoms with E-state index in [0.29, 0.717) is 6.61 Å². The molecule has 1 aromatic rings. The summed E-state index contributed by atoms with van der Waals surface area (Å²) in [4.78, 5) is 2.33. The van der Waals surface area contributed by atoms with E-state index >= 15 is 0 Å². The van der Waals surface area contributed by atoms with Gasteiger partial charge in [-0.3, -0.25) is 11.3 Å². The van der Waals surface area contributed by atoms with Crippen molar-refractivity contribution < 1.29 is 4.74 Å². The van der Waals surface area contributed by atoms with E-state index in [2.05, 4.69) is 36.6 Å². The number of ether oxygens (including phenoxy) is 1. The highest BCUT2D eigenvalue weighted by atomic mass is 16.5. The van der Waals surface area contributed by atoms with Gasteiger partial charge in [-0.1, -0.05) is 31.0 Å². The summed E-state index contributed by atoms with van der Waals surface area (Å²) in [6, 6.07) is 8.31. The van der Waals surface area contributed by atoms with Gasteiger partial charge >= 0.3 is 0 Å². The van der Waals surface area contributed by atoms with Gasteiger partial charge in [0.25, 0.3) is 0 Å². The zero-order valence-electron chi connectivity index (χ0n) is 12.9. The van der Waals surface area contributed by atoms with Crippen molar-refractivity contribution in [3.8, 4) is 5.75 Å². The zero-order chi connectivity index (χ0) is 14.6. The van der Waals surface area contributed by atoms with Gasteiger partial charge in [0.15, 0.2) is 0 Å². The largest absolute Gasteiger partial charge is 0.494 e. The molecule has 1 aliphatic carbocycles. The maximum atomic E-state index is 5.94. The van der Waals surface area contributed by atoms with Crippen LogP contribution >= 0.6 is 0 Å². The van der Waals surface area contributed by atoms with Crippen molar-refractivity contribution in [2.24, 2.45) is 5.84 Å². The van der Waals surface area contributed by atoms with Crippen molar-refractivity contribution in [3.05, 3.63) is 29.8 Å². The molecule has 0 spiro atoms. The standard InChI is InChI=1S/C16H27N3O/c1-4-20-14-10-6-5-9-13(14)15(18-17)16(19(2)3)11-7-8-12-16/h5-6,9-10,15,18H,4,7-8,11-12,17H2,1-3H3. The molecule has 4 heteroatoms. The zero-order valence-corrected chi connectivity index (χ0v) is 12.9. The van der Waals surface area contributed by atoms with Gasteiger partial charge in [0.05, 0.1) is 12.6 Å². The van der Waals surface area contributed by atoms with Crippen molar-refractivity contribution in [1.82, 2.24) is 10.3 Å². The van der Waals surface area contributed by atoms with Crippen LogP contribution in [0.4, 0.5) is 0 Å². The molecule has 2 rings (SSSR count). The van der Waals surface area contributed by atoms with Gasteiger partial charge in [-0.15, -0.1) is 0 Å². The van der Waals surface area contributed by atoms with Crippen molar-refractivity contribution in [2.75, 3.05) is 20.7 Å². The lowest BCUT2D eigenvalue weighted by Gasteiger charge is -2.43. The molecule has 0 saturated heterocycles. The minimum atomic E-state index is 0.0714. The number of hydrogen-bond donors (Lipinski definition) is 2. The summed E-state index contributed by atoms with van der Waals surface area (Å²) in [5.74, 6) is 6.88. The van der Waals surface area contributed by atoms with Gasteiger partial charge in [0.1, 0.15) is 5.75 Å². The van der Waals surface area contributed by atoms with Crippen LogP contribution in [0.2, 0.25) is 0 Å². The second kappa shape index (κ2) is 6.57. The summed E-state index contributed by atoms with van der Waals surface area (Å²) in [6.45, 7) is 2.68. The monoisotopic (exact) mass is 277 g/mol. The number of benzene rings is 1. The Morgan fingerprint density at radius 3 is 2.50 bits per heavy atom. The van der Waals surface area contributed by atoms with E-state index in [1.807, 2.05) is 19.1 Å². The van der Waals surface area contributed by atoms with E-state index in [1.54, 1.807) is 0 Å². The van der Waals surface area contributed by atoms with Crippen LogP contribution in [-0.2, 0) is 0 Å². The number of likely N-dealkylation sites (N-methyl/N-ethyl adjacent to an activating group) is 1. The summed E-state index contributed by atoms with van der Waals surface area (Å²) < 4.78 is 5.79. The minimum absolute atomic E-state index is 0.0714. The lowest BCUT2D eigenvalue weighted by molar-refractivity contribution is 0.103. The van der Waals surface area contributed by atoms with Crippen molar-refractivity contribution in [3.63, 3.8) is 0 Å². The van der Waals surface area contributed by atoms with Crippen LogP contribution in [0.15, 0.2) is 24.3 Å². The molecule has 1 fully saturated rings. The molecule has 1 aliphatic rings. The Morgan fingerprint density at radius 2 is 1.95 bits per heavy atom. The molecule has 0 bridgehead atoms. The van der Waals surface area contributed by atoms with E-state index in [0.717, 1.165) is 24.2 Å². The van der Waals surface area contributed by atoms with Crippen LogP contribution in [0.3, 0.4) is 0 Å². The average molecular weight is 277 g/mol. The molecule has 0 aromatic heterocycles. The first-order valence-corrected chi connectivity index (χ1v) is 7.51. The Morgan fingerprint density at radius 1 is 1.30 bits per heavy atom. The van der Waals surface area contributed by atoms with Crippen LogP contribution in [0.1, 0.15) is 44.2 Å². The van der Waals surface area contributed by atoms with E-state index in [1.165, 1.54) is 12.8 Å². The second-order valence-corrected chi connectivity index (χ2v) is 5.78. The topological polar surface area (TPSA) is 50.5 Å². The Hall–Kier alpha value is -1.10. The molecule has 0 heterocycles. The Kier molecular flexibility index (Phi) is 5.02. The number of nitrogens with one attached hydrogen (secondary N) is 1. The molecule has 4 nitrogen and oxygen atoms in total. The molecular formula is C16H27N3O. The lowest BCUT2D eigenvalue weighted by Crippen LogP contribution is -2.53. The summed E-state index contributed by atoms with van der Waals surface area (Å²) in [5, 5.41) is 0.